The van der Waals surface area contributed by atoms with Crippen molar-refractivity contribution in [2.45, 2.75) is 0 Å². The number of fused-ring (bicyclic) bond motifs is 2. The largest absolute Gasteiger partial charge is 0.454 e. The third-order valence-corrected chi connectivity index (χ3v) is 4.62. The first-order valence-electron chi connectivity index (χ1n) is 9.54. The van der Waals surface area contributed by atoms with Crippen molar-refractivity contribution in [1.82, 2.24) is 10.4 Å². The minimum absolute atomic E-state index is 0.246. The fourth-order valence-corrected chi connectivity index (χ4v) is 3.13. The smallest absolute Gasteiger partial charge is 0.231 e. The molecule has 146 valence electrons. The normalized spacial score (nSPS) is 13.1. The Morgan fingerprint density at radius 2 is 1.70 bits per heavy atom. The average molecular weight is 394 g/mol. The van der Waals surface area contributed by atoms with Crippen LogP contribution in [-0.4, -0.2) is 23.8 Å². The standard InChI is InChI=1S/C24H18N4O2/c1-2-7-19(8-3-1)26-24(21-12-11-18-6-4-5-9-20(18)27-21)28-25-15-17-10-13-22-23(14-17)30-16-29-22/h1-15H,16H2,(H,26,28)/b25-15-. The molecule has 0 bridgehead atoms. The molecule has 0 spiro atoms. The van der Waals surface area contributed by atoms with Gasteiger partial charge in [-0.3, -0.25) is 5.43 Å². The van der Waals surface area contributed by atoms with Crippen LogP contribution in [0.25, 0.3) is 10.9 Å². The van der Waals surface area contributed by atoms with Crippen molar-refractivity contribution in [2.75, 3.05) is 6.79 Å². The van der Waals surface area contributed by atoms with Crippen molar-refractivity contribution in [1.29, 1.82) is 0 Å². The summed E-state index contributed by atoms with van der Waals surface area (Å²) in [5.74, 6) is 2.02. The summed E-state index contributed by atoms with van der Waals surface area (Å²) in [5, 5.41) is 5.45. The number of para-hydroxylation sites is 2. The maximum absolute atomic E-state index is 5.42. The topological polar surface area (TPSA) is 68.1 Å². The van der Waals surface area contributed by atoms with E-state index in [1.807, 2.05) is 84.9 Å². The Labute approximate surface area is 173 Å². The van der Waals surface area contributed by atoms with Crippen LogP contribution < -0.4 is 14.9 Å². The molecule has 0 amide bonds. The van der Waals surface area contributed by atoms with E-state index in [1.54, 1.807) is 6.21 Å². The first-order valence-corrected chi connectivity index (χ1v) is 9.54. The number of rotatable bonds is 4. The van der Waals surface area contributed by atoms with Gasteiger partial charge in [-0.05, 0) is 48.0 Å². The Morgan fingerprint density at radius 1 is 0.867 bits per heavy atom. The molecule has 0 fully saturated rings. The first kappa shape index (κ1) is 17.9. The van der Waals surface area contributed by atoms with Crippen LogP contribution in [0.15, 0.2) is 95.0 Å². The summed E-state index contributed by atoms with van der Waals surface area (Å²) in [6, 6.07) is 27.3. The molecule has 0 saturated heterocycles. The van der Waals surface area contributed by atoms with E-state index in [1.165, 1.54) is 0 Å². The minimum Gasteiger partial charge on any atom is -0.454 e. The summed E-state index contributed by atoms with van der Waals surface area (Å²) in [5.41, 5.74) is 6.36. The van der Waals surface area contributed by atoms with Crippen molar-refractivity contribution in [2.24, 2.45) is 10.1 Å². The first-order chi connectivity index (χ1) is 14.8. The Balaban J connectivity index is 1.45. The number of ether oxygens (including phenoxy) is 2. The van der Waals surface area contributed by atoms with Crippen molar-refractivity contribution in [3.8, 4) is 11.5 Å². The number of aliphatic imine (C=N–C) groups is 1. The summed E-state index contributed by atoms with van der Waals surface area (Å²) in [7, 11) is 0. The zero-order valence-electron chi connectivity index (χ0n) is 16.0. The lowest BCUT2D eigenvalue weighted by atomic mass is 10.2. The van der Waals surface area contributed by atoms with E-state index in [9.17, 15) is 0 Å². The van der Waals surface area contributed by atoms with Crippen LogP contribution in [0.3, 0.4) is 0 Å². The van der Waals surface area contributed by atoms with Gasteiger partial charge in [-0.1, -0.05) is 42.5 Å². The van der Waals surface area contributed by atoms with Crippen molar-refractivity contribution >= 4 is 28.6 Å². The highest BCUT2D eigenvalue weighted by Crippen LogP contribution is 2.31. The van der Waals surface area contributed by atoms with Crippen LogP contribution in [0.1, 0.15) is 11.3 Å². The van der Waals surface area contributed by atoms with Gasteiger partial charge in [-0.15, -0.1) is 0 Å². The highest BCUT2D eigenvalue weighted by Gasteiger charge is 2.12. The number of hydrazone groups is 1. The summed E-state index contributed by atoms with van der Waals surface area (Å²) in [6.45, 7) is 0.246. The van der Waals surface area contributed by atoms with Crippen LogP contribution in [0.2, 0.25) is 0 Å². The second-order valence-corrected chi connectivity index (χ2v) is 6.67. The number of nitrogens with zero attached hydrogens (tertiary/aromatic N) is 3. The number of benzene rings is 3. The molecule has 0 saturated carbocycles. The number of aromatic nitrogens is 1. The van der Waals surface area contributed by atoms with E-state index in [0.717, 1.165) is 27.9 Å². The second kappa shape index (κ2) is 8.05. The zero-order valence-corrected chi connectivity index (χ0v) is 16.0. The molecule has 6 nitrogen and oxygen atoms in total. The lowest BCUT2D eigenvalue weighted by molar-refractivity contribution is 0.174. The lowest BCUT2D eigenvalue weighted by Gasteiger charge is -2.07. The molecule has 0 atom stereocenters. The number of pyridine rings is 1. The van der Waals surface area contributed by atoms with Gasteiger partial charge < -0.3 is 9.47 Å². The zero-order chi connectivity index (χ0) is 20.2. The van der Waals surface area contributed by atoms with Gasteiger partial charge >= 0.3 is 0 Å². The van der Waals surface area contributed by atoms with Crippen LogP contribution in [0, 0.1) is 0 Å². The predicted molar refractivity (Wildman–Crippen MR) is 118 cm³/mol. The van der Waals surface area contributed by atoms with Crippen LogP contribution >= 0.6 is 0 Å². The van der Waals surface area contributed by atoms with Gasteiger partial charge in [-0.2, -0.15) is 5.10 Å². The molecule has 6 heteroatoms. The number of amidine groups is 1. The van der Waals surface area contributed by atoms with E-state index < -0.39 is 0 Å². The van der Waals surface area contributed by atoms with Gasteiger partial charge in [0.2, 0.25) is 6.79 Å². The number of hydrogen-bond acceptors (Lipinski definition) is 5. The van der Waals surface area contributed by atoms with Crippen molar-refractivity contribution in [3.05, 3.63) is 96.2 Å². The highest BCUT2D eigenvalue weighted by atomic mass is 16.7. The maximum atomic E-state index is 5.42. The molecular weight excluding hydrogens is 376 g/mol. The Bertz CT molecular complexity index is 1250. The van der Waals surface area contributed by atoms with Gasteiger partial charge in [0.1, 0.15) is 5.69 Å². The number of nitrogens with one attached hydrogen (secondary N) is 1. The molecular formula is C24H18N4O2. The summed E-state index contributed by atoms with van der Waals surface area (Å²) in [4.78, 5) is 9.45. The monoisotopic (exact) mass is 394 g/mol. The summed E-state index contributed by atoms with van der Waals surface area (Å²) < 4.78 is 10.8. The Morgan fingerprint density at radius 3 is 2.63 bits per heavy atom. The molecule has 3 aromatic carbocycles. The molecule has 30 heavy (non-hydrogen) atoms. The van der Waals surface area contributed by atoms with E-state index in [0.29, 0.717) is 17.3 Å². The second-order valence-electron chi connectivity index (χ2n) is 6.67. The van der Waals surface area contributed by atoms with E-state index in [2.05, 4.69) is 10.5 Å². The molecule has 2 heterocycles. The molecule has 1 N–H and O–H groups in total. The van der Waals surface area contributed by atoms with E-state index >= 15 is 0 Å². The van der Waals surface area contributed by atoms with Crippen LogP contribution in [-0.2, 0) is 0 Å². The van der Waals surface area contributed by atoms with Gasteiger partial charge in [0.15, 0.2) is 17.3 Å². The van der Waals surface area contributed by atoms with Gasteiger partial charge in [0.05, 0.1) is 17.4 Å². The molecule has 4 aromatic rings. The third-order valence-electron chi connectivity index (χ3n) is 4.62. The summed E-state index contributed by atoms with van der Waals surface area (Å²) in [6.07, 6.45) is 1.71. The van der Waals surface area contributed by atoms with Gasteiger partial charge in [0, 0.05) is 5.39 Å². The van der Waals surface area contributed by atoms with Crippen molar-refractivity contribution < 1.29 is 9.47 Å². The van der Waals surface area contributed by atoms with Gasteiger partial charge in [-0.25, -0.2) is 9.98 Å². The highest BCUT2D eigenvalue weighted by molar-refractivity contribution is 6.00. The van der Waals surface area contributed by atoms with E-state index in [4.69, 9.17) is 19.5 Å². The van der Waals surface area contributed by atoms with Crippen molar-refractivity contribution in [3.63, 3.8) is 0 Å². The Kier molecular flexibility index (Phi) is 4.79. The molecule has 1 aliphatic heterocycles. The molecule has 0 aliphatic carbocycles. The quantitative estimate of drug-likeness (QED) is 0.310. The maximum Gasteiger partial charge on any atom is 0.231 e. The SMILES string of the molecule is C(=N/NC(=Nc1ccccc1)c1ccc2ccccc2n1)/c1ccc2c(c1)OCO2. The average Bonchev–Trinajstić information content (AvgIpc) is 3.27. The summed E-state index contributed by atoms with van der Waals surface area (Å²) >= 11 is 0. The number of hydrogen-bond donors (Lipinski definition) is 1. The molecule has 0 radical (unpaired) electrons. The molecule has 1 aliphatic rings. The third kappa shape index (κ3) is 3.84. The fourth-order valence-electron chi connectivity index (χ4n) is 3.13. The minimum atomic E-state index is 0.246. The molecule has 5 rings (SSSR count). The Hall–Kier alpha value is -4.19. The molecule has 1 aromatic heterocycles. The van der Waals surface area contributed by atoms with Crippen LogP contribution in [0.4, 0.5) is 5.69 Å². The molecule has 0 unspecified atom stereocenters. The lowest BCUT2D eigenvalue weighted by Crippen LogP contribution is -2.20. The van der Waals surface area contributed by atoms with Gasteiger partial charge in [0.25, 0.3) is 0 Å². The predicted octanol–water partition coefficient (Wildman–Crippen LogP) is 4.67. The fraction of sp³-hybridized carbons (Fsp3) is 0.0417. The van der Waals surface area contributed by atoms with E-state index in [-0.39, 0.29) is 6.79 Å². The van der Waals surface area contributed by atoms with Crippen LogP contribution in [0.5, 0.6) is 11.5 Å².